The molecule has 0 aliphatic carbocycles. The molecule has 152 valence electrons. The van der Waals surface area contributed by atoms with Gasteiger partial charge in [-0.25, -0.2) is 0 Å². The SMILES string of the molecule is CCCCCCOc1ccc(C=C2SC(=S)N(CCC(=O)O)C2=O)cc1OC. The number of methoxy groups -OCH3 is 1. The van der Waals surface area contributed by atoms with Crippen molar-refractivity contribution in [2.45, 2.75) is 39.0 Å². The molecule has 8 heteroatoms. The number of carboxylic acids is 1. The van der Waals surface area contributed by atoms with Crippen LogP contribution in [0.2, 0.25) is 0 Å². The van der Waals surface area contributed by atoms with Crippen LogP contribution < -0.4 is 9.47 Å². The maximum absolute atomic E-state index is 12.5. The number of aliphatic carboxylic acids is 1. The van der Waals surface area contributed by atoms with E-state index < -0.39 is 5.97 Å². The van der Waals surface area contributed by atoms with Gasteiger partial charge in [0.05, 0.1) is 25.0 Å². The molecule has 1 amide bonds. The highest BCUT2D eigenvalue weighted by Crippen LogP contribution is 2.34. The maximum atomic E-state index is 12.5. The number of benzene rings is 1. The highest BCUT2D eigenvalue weighted by atomic mass is 32.2. The summed E-state index contributed by atoms with van der Waals surface area (Å²) < 4.78 is 11.6. The van der Waals surface area contributed by atoms with Gasteiger partial charge in [-0.05, 0) is 30.2 Å². The molecule has 0 atom stereocenters. The Labute approximate surface area is 174 Å². The van der Waals surface area contributed by atoms with Gasteiger partial charge in [0, 0.05) is 6.54 Å². The molecule has 6 nitrogen and oxygen atoms in total. The van der Waals surface area contributed by atoms with Gasteiger partial charge in [0.25, 0.3) is 5.91 Å². The fourth-order valence-corrected chi connectivity index (χ4v) is 3.96. The molecule has 1 heterocycles. The molecule has 0 bridgehead atoms. The predicted molar refractivity (Wildman–Crippen MR) is 115 cm³/mol. The van der Waals surface area contributed by atoms with Crippen molar-refractivity contribution in [3.8, 4) is 11.5 Å². The molecule has 1 aliphatic heterocycles. The van der Waals surface area contributed by atoms with Crippen molar-refractivity contribution in [1.29, 1.82) is 0 Å². The van der Waals surface area contributed by atoms with E-state index in [1.165, 1.54) is 29.5 Å². The second kappa shape index (κ2) is 11.1. The standard InChI is InChI=1S/C20H25NO5S2/c1-3-4-5-6-11-26-15-8-7-14(12-16(15)25-2)13-17-19(24)21(20(27)28-17)10-9-18(22)23/h7-8,12-13H,3-6,9-11H2,1-2H3,(H,22,23). The molecule has 1 fully saturated rings. The molecule has 1 N–H and O–H groups in total. The van der Waals surface area contributed by atoms with E-state index in [4.69, 9.17) is 26.8 Å². The van der Waals surface area contributed by atoms with Crippen LogP contribution in [0.25, 0.3) is 6.08 Å². The third-order valence-corrected chi connectivity index (χ3v) is 5.54. The van der Waals surface area contributed by atoms with E-state index in [-0.39, 0.29) is 18.9 Å². The third kappa shape index (κ3) is 6.24. The molecule has 1 aliphatic rings. The topological polar surface area (TPSA) is 76.1 Å². The lowest BCUT2D eigenvalue weighted by Gasteiger charge is -2.12. The van der Waals surface area contributed by atoms with Crippen LogP contribution in [0.3, 0.4) is 0 Å². The van der Waals surface area contributed by atoms with Crippen LogP contribution in [-0.4, -0.2) is 46.5 Å². The van der Waals surface area contributed by atoms with Crippen LogP contribution in [0.4, 0.5) is 0 Å². The van der Waals surface area contributed by atoms with E-state index in [9.17, 15) is 9.59 Å². The summed E-state index contributed by atoms with van der Waals surface area (Å²) in [6.07, 6.45) is 6.11. The van der Waals surface area contributed by atoms with E-state index in [1.54, 1.807) is 13.2 Å². The van der Waals surface area contributed by atoms with Crippen molar-refractivity contribution in [2.24, 2.45) is 0 Å². The average molecular weight is 424 g/mol. The van der Waals surface area contributed by atoms with E-state index in [1.807, 2.05) is 18.2 Å². The molecule has 0 saturated carbocycles. The first-order chi connectivity index (χ1) is 13.5. The Morgan fingerprint density at radius 1 is 1.29 bits per heavy atom. The Bertz CT molecular complexity index is 763. The van der Waals surface area contributed by atoms with Gasteiger partial charge < -0.3 is 14.6 Å². The zero-order chi connectivity index (χ0) is 20.5. The Balaban J connectivity index is 2.06. The summed E-state index contributed by atoms with van der Waals surface area (Å²) in [6.45, 7) is 2.88. The van der Waals surface area contributed by atoms with E-state index in [0.29, 0.717) is 27.3 Å². The van der Waals surface area contributed by atoms with Crippen molar-refractivity contribution in [1.82, 2.24) is 4.90 Å². The van der Waals surface area contributed by atoms with Gasteiger partial charge in [0.2, 0.25) is 0 Å². The summed E-state index contributed by atoms with van der Waals surface area (Å²) in [7, 11) is 1.58. The minimum atomic E-state index is -0.965. The number of hydrogen-bond acceptors (Lipinski definition) is 6. The molecule has 28 heavy (non-hydrogen) atoms. The number of thioether (sulfide) groups is 1. The lowest BCUT2D eigenvalue weighted by molar-refractivity contribution is -0.137. The predicted octanol–water partition coefficient (Wildman–Crippen LogP) is 4.33. The molecule has 0 radical (unpaired) electrons. The molecule has 1 aromatic rings. The van der Waals surface area contributed by atoms with Gasteiger partial charge in [-0.15, -0.1) is 0 Å². The van der Waals surface area contributed by atoms with E-state index in [0.717, 1.165) is 18.4 Å². The third-order valence-electron chi connectivity index (χ3n) is 4.16. The number of hydrogen-bond donors (Lipinski definition) is 1. The Hall–Kier alpha value is -2.06. The summed E-state index contributed by atoms with van der Waals surface area (Å²) in [5, 5.41) is 8.81. The fourth-order valence-electron chi connectivity index (χ4n) is 2.66. The fraction of sp³-hybridized carbons (Fsp3) is 0.450. The molecule has 0 unspecified atom stereocenters. The van der Waals surface area contributed by atoms with Crippen LogP contribution in [0.5, 0.6) is 11.5 Å². The second-order valence-corrected chi connectivity index (χ2v) is 7.97. The number of rotatable bonds is 11. The van der Waals surface area contributed by atoms with Crippen molar-refractivity contribution >= 4 is 46.3 Å². The minimum Gasteiger partial charge on any atom is -0.493 e. The quantitative estimate of drug-likeness (QED) is 0.322. The number of ether oxygens (including phenoxy) is 2. The van der Waals surface area contributed by atoms with Gasteiger partial charge in [-0.3, -0.25) is 14.5 Å². The first-order valence-electron chi connectivity index (χ1n) is 9.24. The van der Waals surface area contributed by atoms with E-state index >= 15 is 0 Å². The smallest absolute Gasteiger partial charge is 0.305 e. The second-order valence-electron chi connectivity index (χ2n) is 6.30. The number of unbranched alkanes of at least 4 members (excludes halogenated alkanes) is 3. The molecule has 0 spiro atoms. The van der Waals surface area contributed by atoms with Gasteiger partial charge in [0.1, 0.15) is 4.32 Å². The molecular formula is C20H25NO5S2. The molecule has 0 aromatic heterocycles. The van der Waals surface area contributed by atoms with Crippen LogP contribution in [0.15, 0.2) is 23.1 Å². The Morgan fingerprint density at radius 3 is 2.75 bits per heavy atom. The highest BCUT2D eigenvalue weighted by Gasteiger charge is 2.32. The number of carbonyl (C=O) groups excluding carboxylic acids is 1. The Kier molecular flexibility index (Phi) is 8.79. The van der Waals surface area contributed by atoms with Crippen LogP contribution in [-0.2, 0) is 9.59 Å². The lowest BCUT2D eigenvalue weighted by atomic mass is 10.1. The molecular weight excluding hydrogens is 398 g/mol. The van der Waals surface area contributed by atoms with Gasteiger partial charge in [-0.1, -0.05) is 56.2 Å². The molecule has 1 aromatic carbocycles. The monoisotopic (exact) mass is 423 g/mol. The van der Waals surface area contributed by atoms with Crippen LogP contribution >= 0.6 is 24.0 Å². The molecule has 1 saturated heterocycles. The number of thiocarbonyl (C=S) groups is 1. The normalized spacial score (nSPS) is 15.4. The van der Waals surface area contributed by atoms with Gasteiger partial charge >= 0.3 is 5.97 Å². The van der Waals surface area contributed by atoms with Crippen molar-refractivity contribution < 1.29 is 24.2 Å². The zero-order valence-corrected chi connectivity index (χ0v) is 17.7. The number of amides is 1. The van der Waals surface area contributed by atoms with Crippen molar-refractivity contribution in [3.05, 3.63) is 28.7 Å². The first-order valence-corrected chi connectivity index (χ1v) is 10.5. The van der Waals surface area contributed by atoms with Crippen molar-refractivity contribution in [2.75, 3.05) is 20.3 Å². The summed E-state index contributed by atoms with van der Waals surface area (Å²) >= 11 is 6.37. The summed E-state index contributed by atoms with van der Waals surface area (Å²) in [5.74, 6) is 0.0373. The van der Waals surface area contributed by atoms with Crippen LogP contribution in [0.1, 0.15) is 44.6 Å². The van der Waals surface area contributed by atoms with Gasteiger partial charge in [0.15, 0.2) is 11.5 Å². The van der Waals surface area contributed by atoms with Crippen molar-refractivity contribution in [3.63, 3.8) is 0 Å². The minimum absolute atomic E-state index is 0.0749. The number of carboxylic acid groups (broad SMARTS) is 1. The lowest BCUT2D eigenvalue weighted by Crippen LogP contribution is -2.30. The summed E-state index contributed by atoms with van der Waals surface area (Å²) in [4.78, 5) is 25.0. The Morgan fingerprint density at radius 2 is 2.07 bits per heavy atom. The first kappa shape index (κ1) is 22.2. The average Bonchev–Trinajstić information content (AvgIpc) is 2.93. The largest absolute Gasteiger partial charge is 0.493 e. The molecule has 2 rings (SSSR count). The number of nitrogens with zero attached hydrogens (tertiary/aromatic N) is 1. The van der Waals surface area contributed by atoms with E-state index in [2.05, 4.69) is 6.92 Å². The maximum Gasteiger partial charge on any atom is 0.305 e. The number of carbonyl (C=O) groups is 2. The van der Waals surface area contributed by atoms with Gasteiger partial charge in [-0.2, -0.15) is 0 Å². The van der Waals surface area contributed by atoms with Crippen LogP contribution in [0, 0.1) is 0 Å². The summed E-state index contributed by atoms with van der Waals surface area (Å²) in [6, 6.07) is 5.49. The zero-order valence-electron chi connectivity index (χ0n) is 16.1. The summed E-state index contributed by atoms with van der Waals surface area (Å²) in [5.41, 5.74) is 0.786. The highest BCUT2D eigenvalue weighted by molar-refractivity contribution is 8.26.